The van der Waals surface area contributed by atoms with Crippen molar-refractivity contribution in [2.75, 3.05) is 6.54 Å². The van der Waals surface area contributed by atoms with Crippen LogP contribution in [-0.4, -0.2) is 43.0 Å². The molecule has 0 aromatic heterocycles. The number of nitrogens with zero attached hydrogens (tertiary/aromatic N) is 2. The van der Waals surface area contributed by atoms with Crippen LogP contribution >= 0.6 is 0 Å². The Labute approximate surface area is 93.5 Å². The van der Waals surface area contributed by atoms with Gasteiger partial charge in [0, 0.05) is 0 Å². The van der Waals surface area contributed by atoms with Gasteiger partial charge in [-0.1, -0.05) is 0 Å². The van der Waals surface area contributed by atoms with Gasteiger partial charge in [-0.3, -0.25) is 0 Å². The first-order valence-corrected chi connectivity index (χ1v) is 5.69. The van der Waals surface area contributed by atoms with Gasteiger partial charge in [-0.15, -0.1) is 0 Å². The van der Waals surface area contributed by atoms with Crippen molar-refractivity contribution in [3.05, 3.63) is 0 Å². The normalized spacial score (nSPS) is 29.9. The van der Waals surface area contributed by atoms with Crippen molar-refractivity contribution in [1.29, 1.82) is 0 Å². The monoisotopic (exact) mass is 261 g/mol. The summed E-state index contributed by atoms with van der Waals surface area (Å²) in [5.74, 6) is 0.316. The van der Waals surface area contributed by atoms with Gasteiger partial charge < -0.3 is 0 Å². The Kier molecular flexibility index (Phi) is 3.35. The Bertz CT molecular complexity index is 269. The van der Waals surface area contributed by atoms with Gasteiger partial charge in [0.1, 0.15) is 0 Å². The molecule has 1 saturated heterocycles. The Balaban J connectivity index is 2.85. The van der Waals surface area contributed by atoms with Gasteiger partial charge in [-0.25, -0.2) is 0 Å². The average molecular weight is 260 g/mol. The van der Waals surface area contributed by atoms with Crippen LogP contribution in [0.15, 0.2) is 4.99 Å². The molecule has 1 heterocycles. The number of hydrogen-bond donors (Lipinski definition) is 0. The van der Waals surface area contributed by atoms with Crippen molar-refractivity contribution in [2.45, 2.75) is 45.2 Å². The molecule has 0 N–H and O–H groups in total. The third-order valence-corrected chi connectivity index (χ3v) is 3.47. The van der Waals surface area contributed by atoms with E-state index in [0.29, 0.717) is 12.5 Å². The van der Waals surface area contributed by atoms with Gasteiger partial charge in [0.05, 0.1) is 0 Å². The summed E-state index contributed by atoms with van der Waals surface area (Å²) in [5.41, 5.74) is -0.578. The first kappa shape index (κ1) is 12.1. The Hall–Kier alpha value is 0.0195. The molecule has 1 radical (unpaired) electrons. The van der Waals surface area contributed by atoms with E-state index in [1.165, 1.54) is 5.06 Å². The summed E-state index contributed by atoms with van der Waals surface area (Å²) in [7, 11) is 0. The fourth-order valence-corrected chi connectivity index (χ4v) is 2.47. The van der Waals surface area contributed by atoms with Crippen molar-refractivity contribution in [3.63, 3.8) is 0 Å². The molecule has 3 nitrogen and oxygen atoms in total. The number of hydrogen-bond acceptors (Lipinski definition) is 2. The zero-order valence-corrected chi connectivity index (χ0v) is 10.9. The van der Waals surface area contributed by atoms with E-state index in [1.807, 2.05) is 27.7 Å². The van der Waals surface area contributed by atoms with E-state index in [2.05, 4.69) is 25.3 Å². The van der Waals surface area contributed by atoms with Crippen LogP contribution in [0, 0.1) is 5.92 Å². The summed E-state index contributed by atoms with van der Waals surface area (Å²) < 4.78 is 2.65. The zero-order chi connectivity index (χ0) is 11.0. The average Bonchev–Trinajstić information content (AvgIpc) is 2.23. The zero-order valence-electron chi connectivity index (χ0n) is 9.20. The Morgan fingerprint density at radius 3 is 2.43 bits per heavy atom. The number of rotatable bonds is 2. The minimum atomic E-state index is -0.316. The molecule has 79 valence electrons. The van der Waals surface area contributed by atoms with Crippen LogP contribution in [0.4, 0.5) is 0 Å². The molecule has 0 aromatic rings. The molecule has 0 spiro atoms. The second-order valence-electron chi connectivity index (χ2n) is 5.09. The molecule has 4 heteroatoms. The molecule has 1 fully saturated rings. The van der Waals surface area contributed by atoms with Crippen molar-refractivity contribution >= 4 is 20.3 Å². The molecule has 0 aliphatic carbocycles. The van der Waals surface area contributed by atoms with Crippen LogP contribution in [0.5, 0.6) is 0 Å². The van der Waals surface area contributed by atoms with Crippen LogP contribution in [-0.2, 0) is 5.21 Å². The molecule has 0 saturated carbocycles. The third-order valence-electron chi connectivity index (χ3n) is 3.19. The van der Waals surface area contributed by atoms with Crippen molar-refractivity contribution in [2.24, 2.45) is 10.9 Å². The summed E-state index contributed by atoms with van der Waals surface area (Å²) in [6.45, 7) is 8.66. The molecule has 1 unspecified atom stereocenters. The molecular weight excluding hydrogens is 243 g/mol. The summed E-state index contributed by atoms with van der Waals surface area (Å²) >= 11 is 2.62. The first-order chi connectivity index (χ1) is 6.32. The van der Waals surface area contributed by atoms with Gasteiger partial charge in [-0.05, 0) is 0 Å². The summed E-state index contributed by atoms with van der Waals surface area (Å²) in [6.07, 6.45) is 0.898. The van der Waals surface area contributed by atoms with E-state index >= 15 is 0 Å². The topological polar surface area (TPSA) is 35.5 Å². The molecule has 0 bridgehead atoms. The molecule has 0 aromatic carbocycles. The fourth-order valence-electron chi connectivity index (χ4n) is 2.32. The quantitative estimate of drug-likeness (QED) is 0.544. The molecule has 0 amide bonds. The SMILES string of the molecule is CC1(C)CC(CN=C=[Se])C(C)(C)N1[O]. The van der Waals surface area contributed by atoms with Gasteiger partial charge in [0.2, 0.25) is 0 Å². The second kappa shape index (κ2) is 3.88. The van der Waals surface area contributed by atoms with Crippen LogP contribution in [0.3, 0.4) is 0 Å². The summed E-state index contributed by atoms with van der Waals surface area (Å²) in [5, 5.41) is 13.2. The van der Waals surface area contributed by atoms with Crippen LogP contribution in [0.2, 0.25) is 0 Å². The van der Waals surface area contributed by atoms with E-state index in [-0.39, 0.29) is 11.1 Å². The van der Waals surface area contributed by atoms with Crippen LogP contribution < -0.4 is 0 Å². The molecule has 1 aliphatic rings. The van der Waals surface area contributed by atoms with E-state index in [4.69, 9.17) is 0 Å². The predicted molar refractivity (Wildman–Crippen MR) is 56.8 cm³/mol. The first-order valence-electron chi connectivity index (χ1n) is 4.83. The minimum absolute atomic E-state index is 0.263. The van der Waals surface area contributed by atoms with Crippen LogP contribution in [0.25, 0.3) is 0 Å². The third kappa shape index (κ3) is 2.00. The predicted octanol–water partition coefficient (Wildman–Crippen LogP) is 1.28. The van der Waals surface area contributed by atoms with Crippen molar-refractivity contribution < 1.29 is 5.21 Å². The van der Waals surface area contributed by atoms with Gasteiger partial charge in [-0.2, -0.15) is 0 Å². The molecule has 1 atom stereocenters. The maximum atomic E-state index is 12.0. The number of hydroxylamine groups is 2. The van der Waals surface area contributed by atoms with E-state index in [1.54, 1.807) is 0 Å². The van der Waals surface area contributed by atoms with Gasteiger partial charge >= 0.3 is 93.2 Å². The van der Waals surface area contributed by atoms with E-state index < -0.39 is 0 Å². The maximum absolute atomic E-state index is 12.0. The second-order valence-corrected chi connectivity index (χ2v) is 5.48. The Morgan fingerprint density at radius 1 is 1.50 bits per heavy atom. The van der Waals surface area contributed by atoms with Gasteiger partial charge in [0.25, 0.3) is 0 Å². The van der Waals surface area contributed by atoms with Crippen LogP contribution in [0.1, 0.15) is 34.1 Å². The van der Waals surface area contributed by atoms with Crippen molar-refractivity contribution in [1.82, 2.24) is 5.06 Å². The van der Waals surface area contributed by atoms with E-state index in [9.17, 15) is 5.21 Å². The fraction of sp³-hybridized carbons (Fsp3) is 0.900. The summed E-state index contributed by atoms with van der Waals surface area (Å²) in [6, 6.07) is 0. The van der Waals surface area contributed by atoms with Gasteiger partial charge in [0.15, 0.2) is 0 Å². The standard InChI is InChI=1S/C10H17N2OSe/c1-9(2)5-8(6-11-7-14)10(3,4)12(9)13/h8H,5-6H2,1-4H3. The number of aliphatic imine (C=N–C) groups is 1. The molecule has 1 rings (SSSR count). The van der Waals surface area contributed by atoms with Crippen molar-refractivity contribution in [3.8, 4) is 0 Å². The molecule has 1 aliphatic heterocycles. The molecule has 14 heavy (non-hydrogen) atoms. The molecular formula is C10H17N2OSe. The van der Waals surface area contributed by atoms with E-state index in [0.717, 1.165) is 6.42 Å². The Morgan fingerprint density at radius 2 is 2.07 bits per heavy atom. The summed E-state index contributed by atoms with van der Waals surface area (Å²) in [4.78, 5) is 4.08.